The van der Waals surface area contributed by atoms with Crippen molar-refractivity contribution < 1.29 is 14.3 Å². The van der Waals surface area contributed by atoms with Crippen LogP contribution in [0.4, 0.5) is 16.4 Å². The van der Waals surface area contributed by atoms with Crippen molar-refractivity contribution in [2.24, 2.45) is 5.10 Å². The molecule has 0 atom stereocenters. The van der Waals surface area contributed by atoms with E-state index in [0.29, 0.717) is 0 Å². The highest BCUT2D eigenvalue weighted by atomic mass is 79.9. The molecule has 0 bridgehead atoms. The topological polar surface area (TPSA) is 158 Å². The second-order valence-corrected chi connectivity index (χ2v) is 3.95. The molecule has 1 rings (SSSR count). The molecular weight excluding hydrogens is 334 g/mol. The average molecular weight is 346 g/mol. The first-order valence-corrected chi connectivity index (χ1v) is 6.08. The Morgan fingerprint density at radius 1 is 1.40 bits per heavy atom. The molecule has 1 aromatic rings. The van der Waals surface area contributed by atoms with E-state index in [4.69, 9.17) is 11.5 Å². The molecule has 0 aromatic carbocycles. The van der Waals surface area contributed by atoms with Gasteiger partial charge >= 0.3 is 6.09 Å². The molecule has 11 heteroatoms. The van der Waals surface area contributed by atoms with Crippen molar-refractivity contribution in [3.63, 3.8) is 0 Å². The lowest BCUT2D eigenvalue weighted by Gasteiger charge is -2.05. The summed E-state index contributed by atoms with van der Waals surface area (Å²) in [6.45, 7) is 1.85. The Morgan fingerprint density at radius 2 is 2.10 bits per heavy atom. The zero-order valence-electron chi connectivity index (χ0n) is 10.4. The lowest BCUT2D eigenvalue weighted by Crippen LogP contribution is -2.27. The lowest BCUT2D eigenvalue weighted by molar-refractivity contribution is 0.0973. The summed E-state index contributed by atoms with van der Waals surface area (Å²) in [6, 6.07) is 0. The molecule has 2 amide bonds. The van der Waals surface area contributed by atoms with Crippen LogP contribution in [0.1, 0.15) is 17.4 Å². The highest BCUT2D eigenvalue weighted by Gasteiger charge is 2.14. The molecule has 108 valence electrons. The van der Waals surface area contributed by atoms with Gasteiger partial charge in [-0.2, -0.15) is 5.10 Å². The van der Waals surface area contributed by atoms with Crippen molar-refractivity contribution in [3.8, 4) is 0 Å². The number of aromatic nitrogens is 2. The quantitative estimate of drug-likeness (QED) is 0.334. The van der Waals surface area contributed by atoms with Gasteiger partial charge in [0.2, 0.25) is 0 Å². The summed E-state index contributed by atoms with van der Waals surface area (Å²) in [5.41, 5.74) is 12.9. The van der Waals surface area contributed by atoms with Crippen LogP contribution in [-0.4, -0.2) is 34.9 Å². The zero-order chi connectivity index (χ0) is 15.1. The normalized spacial score (nSPS) is 10.3. The molecule has 0 unspecified atom stereocenters. The number of carbonyl (C=O) groups is 2. The number of amides is 2. The molecule has 0 aliphatic carbocycles. The van der Waals surface area contributed by atoms with Gasteiger partial charge in [0.1, 0.15) is 10.9 Å². The van der Waals surface area contributed by atoms with Crippen LogP contribution in [-0.2, 0) is 4.74 Å². The van der Waals surface area contributed by atoms with Crippen LogP contribution in [0, 0.1) is 0 Å². The van der Waals surface area contributed by atoms with E-state index >= 15 is 0 Å². The SMILES string of the molecule is CCOC(=O)NN=CNC(=O)c1nc(Br)c(N)nc1N. The smallest absolute Gasteiger partial charge is 0.427 e. The van der Waals surface area contributed by atoms with Gasteiger partial charge in [-0.1, -0.05) is 0 Å². The highest BCUT2D eigenvalue weighted by molar-refractivity contribution is 9.10. The molecular formula is C9H12BrN7O3. The Bertz CT molecular complexity index is 549. The predicted octanol–water partition coefficient (Wildman–Crippen LogP) is -0.177. The van der Waals surface area contributed by atoms with Gasteiger partial charge in [0.05, 0.1) is 6.61 Å². The first-order valence-electron chi connectivity index (χ1n) is 5.29. The number of carbonyl (C=O) groups excluding carboxylic acids is 2. The molecule has 1 heterocycles. The van der Waals surface area contributed by atoms with E-state index in [1.54, 1.807) is 6.92 Å². The molecule has 0 spiro atoms. The predicted molar refractivity (Wildman–Crippen MR) is 74.7 cm³/mol. The number of nitrogen functional groups attached to an aromatic ring is 2. The molecule has 20 heavy (non-hydrogen) atoms. The Balaban J connectivity index is 2.62. The first kappa shape index (κ1) is 15.6. The number of nitrogens with two attached hydrogens (primary N) is 2. The molecule has 0 aliphatic rings. The van der Waals surface area contributed by atoms with E-state index in [-0.39, 0.29) is 28.5 Å². The van der Waals surface area contributed by atoms with E-state index in [9.17, 15) is 9.59 Å². The second kappa shape index (κ2) is 7.23. The van der Waals surface area contributed by atoms with E-state index < -0.39 is 12.0 Å². The number of nitrogens with one attached hydrogen (secondary N) is 2. The molecule has 0 saturated heterocycles. The summed E-state index contributed by atoms with van der Waals surface area (Å²) in [7, 11) is 0. The van der Waals surface area contributed by atoms with Gasteiger partial charge in [-0.05, 0) is 22.9 Å². The third kappa shape index (κ3) is 4.35. The fourth-order valence-corrected chi connectivity index (χ4v) is 1.28. The Labute approximate surface area is 122 Å². The van der Waals surface area contributed by atoms with E-state index in [0.717, 1.165) is 6.34 Å². The van der Waals surface area contributed by atoms with Gasteiger partial charge in [0, 0.05) is 0 Å². The van der Waals surface area contributed by atoms with Crippen molar-refractivity contribution in [1.82, 2.24) is 20.7 Å². The van der Waals surface area contributed by atoms with Gasteiger partial charge in [-0.15, -0.1) is 0 Å². The van der Waals surface area contributed by atoms with Crippen molar-refractivity contribution in [2.45, 2.75) is 6.92 Å². The minimum atomic E-state index is -0.743. The van der Waals surface area contributed by atoms with Gasteiger partial charge in [-0.3, -0.25) is 4.79 Å². The van der Waals surface area contributed by atoms with Crippen molar-refractivity contribution in [1.29, 1.82) is 0 Å². The van der Waals surface area contributed by atoms with Crippen molar-refractivity contribution in [3.05, 3.63) is 10.3 Å². The standard InChI is InChI=1S/C9H12BrN7O3/c1-2-20-9(19)17-14-3-13-8(18)4-6(11)16-7(12)5(10)15-4/h3H,2H2,1H3,(H,17,19)(H4,11,12,16)(H,13,14,18). The fourth-order valence-electron chi connectivity index (χ4n) is 1.02. The first-order chi connectivity index (χ1) is 9.45. The Morgan fingerprint density at radius 3 is 2.75 bits per heavy atom. The molecule has 0 saturated carbocycles. The number of anilines is 2. The number of hydrogen-bond donors (Lipinski definition) is 4. The molecule has 10 nitrogen and oxygen atoms in total. The highest BCUT2D eigenvalue weighted by Crippen LogP contribution is 2.17. The number of rotatable bonds is 4. The van der Waals surface area contributed by atoms with Crippen LogP contribution in [0.5, 0.6) is 0 Å². The molecule has 0 fully saturated rings. The van der Waals surface area contributed by atoms with Crippen LogP contribution in [0.3, 0.4) is 0 Å². The lowest BCUT2D eigenvalue weighted by atomic mass is 10.4. The van der Waals surface area contributed by atoms with E-state index in [1.165, 1.54) is 0 Å². The van der Waals surface area contributed by atoms with Crippen LogP contribution >= 0.6 is 15.9 Å². The number of ether oxygens (including phenoxy) is 1. The molecule has 6 N–H and O–H groups in total. The van der Waals surface area contributed by atoms with Crippen molar-refractivity contribution >= 4 is 45.9 Å². The maximum absolute atomic E-state index is 11.7. The number of halogens is 1. The summed E-state index contributed by atoms with van der Waals surface area (Å²) < 4.78 is 4.74. The number of hydrogen-bond acceptors (Lipinski definition) is 8. The number of nitrogens with zero attached hydrogens (tertiary/aromatic N) is 3. The second-order valence-electron chi connectivity index (χ2n) is 3.20. The van der Waals surface area contributed by atoms with Crippen LogP contribution < -0.4 is 22.2 Å². The molecule has 0 radical (unpaired) electrons. The van der Waals surface area contributed by atoms with Gasteiger partial charge < -0.3 is 21.5 Å². The van der Waals surface area contributed by atoms with Crippen LogP contribution in [0.2, 0.25) is 0 Å². The van der Waals surface area contributed by atoms with Crippen LogP contribution in [0.25, 0.3) is 0 Å². The van der Waals surface area contributed by atoms with Gasteiger partial charge in [-0.25, -0.2) is 20.2 Å². The summed E-state index contributed by atoms with van der Waals surface area (Å²) >= 11 is 3.03. The van der Waals surface area contributed by atoms with Gasteiger partial charge in [0.25, 0.3) is 5.91 Å². The Hall–Kier alpha value is -2.43. The van der Waals surface area contributed by atoms with Crippen LogP contribution in [0.15, 0.2) is 9.70 Å². The number of hydrazone groups is 1. The van der Waals surface area contributed by atoms with Crippen molar-refractivity contribution in [2.75, 3.05) is 18.1 Å². The van der Waals surface area contributed by atoms with Gasteiger partial charge in [0.15, 0.2) is 17.3 Å². The van der Waals surface area contributed by atoms with E-state index in [1.807, 2.05) is 5.43 Å². The maximum Gasteiger partial charge on any atom is 0.427 e. The summed E-state index contributed by atoms with van der Waals surface area (Å²) in [4.78, 5) is 30.1. The zero-order valence-corrected chi connectivity index (χ0v) is 12.0. The van der Waals surface area contributed by atoms with E-state index in [2.05, 4.69) is 41.1 Å². The summed E-state index contributed by atoms with van der Waals surface area (Å²) in [5.74, 6) is -0.725. The average Bonchev–Trinajstić information content (AvgIpc) is 2.39. The molecule has 1 aromatic heterocycles. The minimum absolute atomic E-state index is 0.0664. The summed E-state index contributed by atoms with van der Waals surface area (Å²) in [6.07, 6.45) is 0.206. The minimum Gasteiger partial charge on any atom is -0.449 e. The summed E-state index contributed by atoms with van der Waals surface area (Å²) in [5, 5.41) is 5.66. The monoisotopic (exact) mass is 345 g/mol. The molecule has 0 aliphatic heterocycles. The third-order valence-corrected chi connectivity index (χ3v) is 2.39. The maximum atomic E-state index is 11.7. The fraction of sp³-hybridized carbons (Fsp3) is 0.222. The third-order valence-electron chi connectivity index (χ3n) is 1.81. The largest absolute Gasteiger partial charge is 0.449 e. The Kier molecular flexibility index (Phi) is 5.65.